The SMILES string of the molecule is Cn1ccc(-c2noc(-c3cnc4c(c3)C[C@@H](O)C3(CCC3)O4)n2)n1. The average molecular weight is 339 g/mol. The van der Waals surface area contributed by atoms with E-state index in [9.17, 15) is 5.11 Å². The fourth-order valence-electron chi connectivity index (χ4n) is 3.45. The molecule has 0 amide bonds. The van der Waals surface area contributed by atoms with Crippen molar-refractivity contribution in [1.82, 2.24) is 24.9 Å². The number of hydrogen-bond acceptors (Lipinski definition) is 7. The van der Waals surface area contributed by atoms with E-state index in [1.54, 1.807) is 10.9 Å². The fraction of sp³-hybridized carbons (Fsp3) is 0.412. The third-order valence-electron chi connectivity index (χ3n) is 5.06. The van der Waals surface area contributed by atoms with E-state index in [-0.39, 0.29) is 0 Å². The van der Waals surface area contributed by atoms with Gasteiger partial charge < -0.3 is 14.4 Å². The molecular weight excluding hydrogens is 322 g/mol. The summed E-state index contributed by atoms with van der Waals surface area (Å²) in [6, 6.07) is 3.72. The van der Waals surface area contributed by atoms with Crippen LogP contribution >= 0.6 is 0 Å². The van der Waals surface area contributed by atoms with Crippen LogP contribution in [0.5, 0.6) is 5.88 Å². The van der Waals surface area contributed by atoms with Gasteiger partial charge in [0.15, 0.2) is 0 Å². The molecule has 0 aromatic carbocycles. The third-order valence-corrected chi connectivity index (χ3v) is 5.06. The molecule has 0 saturated heterocycles. The smallest absolute Gasteiger partial charge is 0.259 e. The molecule has 3 aromatic heterocycles. The molecular formula is C17H17N5O3. The molecule has 2 aliphatic rings. The summed E-state index contributed by atoms with van der Waals surface area (Å²) in [5.74, 6) is 1.39. The Morgan fingerprint density at radius 1 is 1.36 bits per heavy atom. The van der Waals surface area contributed by atoms with Crippen molar-refractivity contribution in [2.24, 2.45) is 7.05 Å². The highest BCUT2D eigenvalue weighted by atomic mass is 16.5. The van der Waals surface area contributed by atoms with Crippen molar-refractivity contribution in [3.8, 4) is 28.9 Å². The summed E-state index contributed by atoms with van der Waals surface area (Å²) in [6.07, 6.45) is 6.36. The van der Waals surface area contributed by atoms with Crippen LogP contribution in [0.15, 0.2) is 29.0 Å². The van der Waals surface area contributed by atoms with Gasteiger partial charge in [0.2, 0.25) is 11.7 Å². The van der Waals surface area contributed by atoms with E-state index in [0.717, 1.165) is 24.8 Å². The maximum absolute atomic E-state index is 10.4. The summed E-state index contributed by atoms with van der Waals surface area (Å²) in [5, 5.41) is 18.7. The van der Waals surface area contributed by atoms with Crippen molar-refractivity contribution in [1.29, 1.82) is 0 Å². The molecule has 3 aromatic rings. The Morgan fingerprint density at radius 3 is 2.96 bits per heavy atom. The summed E-state index contributed by atoms with van der Waals surface area (Å²) in [5.41, 5.74) is 1.78. The first-order valence-corrected chi connectivity index (χ1v) is 8.33. The number of fused-ring (bicyclic) bond motifs is 1. The molecule has 8 nitrogen and oxygen atoms in total. The van der Waals surface area contributed by atoms with Gasteiger partial charge in [0, 0.05) is 31.4 Å². The van der Waals surface area contributed by atoms with Crippen LogP contribution in [0.1, 0.15) is 24.8 Å². The number of aromatic nitrogens is 5. The van der Waals surface area contributed by atoms with Gasteiger partial charge in [0.1, 0.15) is 11.3 Å². The zero-order valence-corrected chi connectivity index (χ0v) is 13.7. The zero-order valence-electron chi connectivity index (χ0n) is 13.7. The van der Waals surface area contributed by atoms with Crippen molar-refractivity contribution in [2.45, 2.75) is 37.4 Å². The van der Waals surface area contributed by atoms with Gasteiger partial charge in [0.25, 0.3) is 5.89 Å². The van der Waals surface area contributed by atoms with Crippen molar-refractivity contribution in [3.05, 3.63) is 30.1 Å². The van der Waals surface area contributed by atoms with Crippen LogP contribution in [-0.4, -0.2) is 41.7 Å². The van der Waals surface area contributed by atoms with Gasteiger partial charge >= 0.3 is 0 Å². The van der Waals surface area contributed by atoms with Crippen molar-refractivity contribution in [2.75, 3.05) is 0 Å². The Kier molecular flexibility index (Phi) is 2.99. The van der Waals surface area contributed by atoms with E-state index in [0.29, 0.717) is 35.3 Å². The fourth-order valence-corrected chi connectivity index (χ4v) is 3.45. The molecule has 1 atom stereocenters. The van der Waals surface area contributed by atoms with Gasteiger partial charge in [-0.3, -0.25) is 4.68 Å². The number of nitrogens with zero attached hydrogens (tertiary/aromatic N) is 5. The van der Waals surface area contributed by atoms with Crippen molar-refractivity contribution >= 4 is 0 Å². The van der Waals surface area contributed by atoms with E-state index in [1.807, 2.05) is 25.4 Å². The third kappa shape index (κ3) is 2.25. The first-order chi connectivity index (χ1) is 12.1. The lowest BCUT2D eigenvalue weighted by Gasteiger charge is -2.47. The second-order valence-electron chi connectivity index (χ2n) is 6.73. The van der Waals surface area contributed by atoms with Crippen LogP contribution in [0, 0.1) is 0 Å². The maximum Gasteiger partial charge on any atom is 0.259 e. The number of aliphatic hydroxyl groups is 1. The minimum absolute atomic E-state index is 0.370. The lowest BCUT2D eigenvalue weighted by molar-refractivity contribution is -0.118. The summed E-state index contributed by atoms with van der Waals surface area (Å²) in [4.78, 5) is 8.80. The highest BCUT2D eigenvalue weighted by Crippen LogP contribution is 2.44. The summed E-state index contributed by atoms with van der Waals surface area (Å²) in [6.45, 7) is 0. The minimum atomic E-state index is -0.502. The standard InChI is InChI=1S/C17H17N5O3/c1-22-6-3-12(20-22)14-19-16(25-21-14)11-7-10-8-13(23)17(4-2-5-17)24-15(10)18-9-11/h3,6-7,9,13,23H,2,4-5,8H2,1H3/t13-/m1/s1. The largest absolute Gasteiger partial charge is 0.468 e. The Balaban J connectivity index is 1.46. The molecule has 128 valence electrons. The van der Waals surface area contributed by atoms with E-state index in [1.165, 1.54) is 0 Å². The van der Waals surface area contributed by atoms with Crippen molar-refractivity contribution in [3.63, 3.8) is 0 Å². The molecule has 0 bridgehead atoms. The topological polar surface area (TPSA) is 99.1 Å². The minimum Gasteiger partial charge on any atom is -0.468 e. The maximum atomic E-state index is 10.4. The van der Waals surface area contributed by atoms with Crippen LogP contribution in [-0.2, 0) is 13.5 Å². The molecule has 5 rings (SSSR count). The Bertz CT molecular complexity index is 943. The molecule has 4 heterocycles. The lowest BCUT2D eigenvalue weighted by atomic mass is 9.73. The van der Waals surface area contributed by atoms with Crippen LogP contribution in [0.25, 0.3) is 23.0 Å². The quantitative estimate of drug-likeness (QED) is 0.759. The summed E-state index contributed by atoms with van der Waals surface area (Å²) >= 11 is 0. The monoisotopic (exact) mass is 339 g/mol. The van der Waals surface area contributed by atoms with Crippen LogP contribution in [0.3, 0.4) is 0 Å². The van der Waals surface area contributed by atoms with Crippen molar-refractivity contribution < 1.29 is 14.4 Å². The number of hydrogen-bond donors (Lipinski definition) is 1. The number of pyridine rings is 1. The average Bonchev–Trinajstić information content (AvgIpc) is 3.21. The van der Waals surface area contributed by atoms with Gasteiger partial charge in [-0.15, -0.1) is 0 Å². The van der Waals surface area contributed by atoms with Gasteiger partial charge in [-0.1, -0.05) is 5.16 Å². The van der Waals surface area contributed by atoms with Crippen LogP contribution in [0.2, 0.25) is 0 Å². The highest BCUT2D eigenvalue weighted by Gasteiger charge is 2.49. The molecule has 1 spiro atoms. The second-order valence-corrected chi connectivity index (χ2v) is 6.73. The summed E-state index contributed by atoms with van der Waals surface area (Å²) < 4.78 is 13.0. The van der Waals surface area contributed by atoms with Crippen LogP contribution < -0.4 is 4.74 Å². The van der Waals surface area contributed by atoms with Gasteiger partial charge in [-0.05, 0) is 31.4 Å². The predicted molar refractivity (Wildman–Crippen MR) is 86.7 cm³/mol. The van der Waals surface area contributed by atoms with E-state index < -0.39 is 11.7 Å². The molecule has 1 N–H and O–H groups in total. The molecule has 1 aliphatic heterocycles. The zero-order chi connectivity index (χ0) is 17.0. The Hall–Kier alpha value is -2.74. The first kappa shape index (κ1) is 14.6. The molecule has 0 radical (unpaired) electrons. The van der Waals surface area contributed by atoms with E-state index in [4.69, 9.17) is 9.26 Å². The Morgan fingerprint density at radius 2 is 2.24 bits per heavy atom. The molecule has 1 saturated carbocycles. The summed E-state index contributed by atoms with van der Waals surface area (Å²) in [7, 11) is 1.83. The number of aliphatic hydroxyl groups excluding tert-OH is 1. The highest BCUT2D eigenvalue weighted by molar-refractivity contribution is 5.58. The predicted octanol–water partition coefficient (Wildman–Crippen LogP) is 1.75. The second kappa shape index (κ2) is 5.13. The molecule has 1 aliphatic carbocycles. The molecule has 0 unspecified atom stereocenters. The number of ether oxygens (including phenoxy) is 1. The normalized spacial score (nSPS) is 20.8. The Labute approximate surface area is 143 Å². The van der Waals surface area contributed by atoms with Gasteiger partial charge in [-0.25, -0.2) is 4.98 Å². The van der Waals surface area contributed by atoms with Gasteiger partial charge in [0.05, 0.1) is 11.7 Å². The van der Waals surface area contributed by atoms with Gasteiger partial charge in [-0.2, -0.15) is 10.1 Å². The molecule has 1 fully saturated rings. The van der Waals surface area contributed by atoms with E-state index in [2.05, 4.69) is 20.2 Å². The lowest BCUT2D eigenvalue weighted by Crippen LogP contribution is -2.56. The number of aryl methyl sites for hydroxylation is 1. The molecule has 25 heavy (non-hydrogen) atoms. The number of rotatable bonds is 2. The molecule has 8 heteroatoms. The van der Waals surface area contributed by atoms with E-state index >= 15 is 0 Å². The van der Waals surface area contributed by atoms with Crippen LogP contribution in [0.4, 0.5) is 0 Å². The first-order valence-electron chi connectivity index (χ1n) is 8.33.